The molecule has 1 amide bonds. The molecule has 45 heavy (non-hydrogen) atoms. The van der Waals surface area contributed by atoms with Gasteiger partial charge in [-0.05, 0) is 54.6 Å². The molecule has 0 atom stereocenters. The van der Waals surface area contributed by atoms with E-state index < -0.39 is 0 Å². The van der Waals surface area contributed by atoms with Crippen LogP contribution in [0.1, 0.15) is 34.5 Å². The number of benzene rings is 3. The first-order valence-electron chi connectivity index (χ1n) is 14.2. The Morgan fingerprint density at radius 3 is 2.36 bits per heavy atom. The lowest BCUT2D eigenvalue weighted by atomic mass is 9.95. The Balaban J connectivity index is 0.00000357. The number of amides is 1. The van der Waals surface area contributed by atoms with Crippen LogP contribution in [0.5, 0.6) is 0 Å². The lowest BCUT2D eigenvalue weighted by Gasteiger charge is -2.34. The predicted molar refractivity (Wildman–Crippen MR) is 175 cm³/mol. The third-order valence-corrected chi connectivity index (χ3v) is 7.92. The zero-order valence-electron chi connectivity index (χ0n) is 23.5. The van der Waals surface area contributed by atoms with Crippen molar-refractivity contribution in [2.75, 3.05) is 36.4 Å². The zero-order chi connectivity index (χ0) is 30.0. The van der Waals surface area contributed by atoms with E-state index in [1.807, 2.05) is 23.1 Å². The highest BCUT2D eigenvalue weighted by Crippen LogP contribution is 2.34. The first-order chi connectivity index (χ1) is 21.5. The van der Waals surface area contributed by atoms with E-state index in [1.54, 1.807) is 67.1 Å². The van der Waals surface area contributed by atoms with Crippen LogP contribution in [0, 0.1) is 5.82 Å². The highest BCUT2D eigenvalue weighted by atomic mass is 35.5. The van der Waals surface area contributed by atoms with Crippen molar-refractivity contribution in [3.8, 4) is 11.3 Å². The molecule has 1 saturated heterocycles. The Morgan fingerprint density at radius 1 is 0.844 bits per heavy atom. The number of rotatable bonds is 5. The van der Waals surface area contributed by atoms with Gasteiger partial charge in [0.2, 0.25) is 11.9 Å². The highest BCUT2D eigenvalue weighted by Gasteiger charge is 2.25. The van der Waals surface area contributed by atoms with E-state index in [0.29, 0.717) is 71.2 Å². The molecule has 0 bridgehead atoms. The number of aliphatic imine (C=N–C) groups is 1. The van der Waals surface area contributed by atoms with Gasteiger partial charge in [0.25, 0.3) is 5.91 Å². The Hall–Kier alpha value is -5.22. The summed E-state index contributed by atoms with van der Waals surface area (Å²) in [6.07, 6.45) is 5.17. The minimum Gasteiger partial charge on any atom is -0.337 e. The van der Waals surface area contributed by atoms with Gasteiger partial charge in [0.05, 0.1) is 18.0 Å². The van der Waals surface area contributed by atoms with Crippen LogP contribution >= 0.6 is 11.6 Å². The maximum atomic E-state index is 14.8. The number of aromatic nitrogens is 4. The summed E-state index contributed by atoms with van der Waals surface area (Å²) < 4.78 is 14.8. The van der Waals surface area contributed by atoms with Crippen LogP contribution in [-0.4, -0.2) is 62.6 Å². The van der Waals surface area contributed by atoms with Crippen LogP contribution in [0.3, 0.4) is 0 Å². The van der Waals surface area contributed by atoms with Crippen molar-refractivity contribution >= 4 is 40.8 Å². The Morgan fingerprint density at radius 2 is 1.60 bits per heavy atom. The van der Waals surface area contributed by atoms with Gasteiger partial charge < -0.3 is 15.1 Å². The largest absolute Gasteiger partial charge is 0.337 e. The number of piperazine rings is 1. The van der Waals surface area contributed by atoms with Gasteiger partial charge in [0, 0.05) is 83.3 Å². The fourth-order valence-electron chi connectivity index (χ4n) is 5.44. The van der Waals surface area contributed by atoms with Crippen LogP contribution in [0.4, 0.5) is 22.0 Å². The molecule has 2 aromatic heterocycles. The Kier molecular flexibility index (Phi) is 8.48. The molecule has 7 rings (SSSR count). The Bertz CT molecular complexity index is 1880. The van der Waals surface area contributed by atoms with E-state index in [4.69, 9.17) is 21.6 Å². The lowest BCUT2D eigenvalue weighted by molar-refractivity contribution is 0.0746. The molecule has 9 nitrogen and oxygen atoms in total. The predicted octanol–water partition coefficient (Wildman–Crippen LogP) is 6.42. The lowest BCUT2D eigenvalue weighted by Crippen LogP contribution is -2.49. The van der Waals surface area contributed by atoms with Crippen LogP contribution in [0.25, 0.3) is 11.3 Å². The van der Waals surface area contributed by atoms with Gasteiger partial charge in [-0.1, -0.05) is 37.2 Å². The third kappa shape index (κ3) is 6.09. The molecule has 11 heteroatoms. The number of hydrogen-bond acceptors (Lipinski definition) is 8. The van der Waals surface area contributed by atoms with Gasteiger partial charge in [-0.3, -0.25) is 9.79 Å². The molecule has 0 unspecified atom stereocenters. The van der Waals surface area contributed by atoms with Gasteiger partial charge >= 0.3 is 0 Å². The highest BCUT2D eigenvalue weighted by molar-refractivity contribution is 6.31. The third-order valence-electron chi connectivity index (χ3n) is 7.68. The molecule has 3 aromatic carbocycles. The zero-order valence-corrected chi connectivity index (χ0v) is 24.2. The summed E-state index contributed by atoms with van der Waals surface area (Å²) in [5, 5.41) is 3.77. The van der Waals surface area contributed by atoms with E-state index in [1.165, 1.54) is 6.07 Å². The summed E-state index contributed by atoms with van der Waals surface area (Å²) in [7, 11) is 0. The molecule has 1 fully saturated rings. The van der Waals surface area contributed by atoms with E-state index in [0.717, 1.165) is 16.8 Å². The monoisotopic (exact) mass is 620 g/mol. The van der Waals surface area contributed by atoms with Crippen molar-refractivity contribution in [1.82, 2.24) is 24.8 Å². The molecule has 226 valence electrons. The quantitative estimate of drug-likeness (QED) is 0.242. The summed E-state index contributed by atoms with van der Waals surface area (Å²) in [6.45, 7) is 2.82. The molecule has 2 aliphatic heterocycles. The second-order valence-corrected chi connectivity index (χ2v) is 10.9. The fourth-order valence-corrected chi connectivity index (χ4v) is 5.61. The van der Waals surface area contributed by atoms with Gasteiger partial charge in [0.15, 0.2) is 0 Å². The van der Waals surface area contributed by atoms with Crippen molar-refractivity contribution in [3.05, 3.63) is 124 Å². The minimum atomic E-state index is -0.359. The number of nitrogens with one attached hydrogen (secondary N) is 1. The van der Waals surface area contributed by atoms with Crippen molar-refractivity contribution in [2.24, 2.45) is 4.99 Å². The normalized spacial score (nSPS) is 14.0. The van der Waals surface area contributed by atoms with Gasteiger partial charge in [0.1, 0.15) is 5.82 Å². The fraction of sp³-hybridized carbons (Fsp3) is 0.176. The van der Waals surface area contributed by atoms with Crippen LogP contribution in [-0.2, 0) is 6.54 Å². The summed E-state index contributed by atoms with van der Waals surface area (Å²) in [5.41, 5.74) is 5.24. The maximum absolute atomic E-state index is 14.8. The molecular formula is C34H30ClFN8O. The minimum absolute atomic E-state index is 0. The second kappa shape index (κ2) is 12.8. The second-order valence-electron chi connectivity index (χ2n) is 10.4. The van der Waals surface area contributed by atoms with E-state index in [-0.39, 0.29) is 25.7 Å². The molecule has 0 aliphatic carbocycles. The topological polar surface area (TPSA) is 99.5 Å². The molecule has 2 aliphatic rings. The van der Waals surface area contributed by atoms with Crippen LogP contribution in [0.15, 0.2) is 96.4 Å². The van der Waals surface area contributed by atoms with Gasteiger partial charge in [-0.25, -0.2) is 24.3 Å². The number of hydrogen-bond donors (Lipinski definition) is 1. The van der Waals surface area contributed by atoms with Crippen molar-refractivity contribution in [2.45, 2.75) is 14.0 Å². The molecule has 1 N–H and O–H groups in total. The molecule has 4 heterocycles. The van der Waals surface area contributed by atoms with Crippen molar-refractivity contribution in [3.63, 3.8) is 0 Å². The smallest absolute Gasteiger partial charge is 0.253 e. The number of halogens is 2. The number of carbonyl (C=O) groups is 1. The molecule has 5 aromatic rings. The van der Waals surface area contributed by atoms with E-state index >= 15 is 0 Å². The first kappa shape index (κ1) is 29.8. The van der Waals surface area contributed by atoms with E-state index in [9.17, 15) is 9.18 Å². The number of nitrogens with zero attached hydrogens (tertiary/aromatic N) is 7. The summed E-state index contributed by atoms with van der Waals surface area (Å²) in [4.78, 5) is 39.8. The van der Waals surface area contributed by atoms with E-state index in [2.05, 4.69) is 25.2 Å². The van der Waals surface area contributed by atoms with Gasteiger partial charge in [-0.15, -0.1) is 0 Å². The van der Waals surface area contributed by atoms with Crippen molar-refractivity contribution in [1.29, 1.82) is 0 Å². The first-order valence-corrected chi connectivity index (χ1v) is 14.6. The number of anilines is 3. The molecule has 0 radical (unpaired) electrons. The van der Waals surface area contributed by atoms with Crippen LogP contribution in [0.2, 0.25) is 5.02 Å². The summed E-state index contributed by atoms with van der Waals surface area (Å²) >= 11 is 6.38. The summed E-state index contributed by atoms with van der Waals surface area (Å²) in [5.74, 6) is 0.688. The maximum Gasteiger partial charge on any atom is 0.253 e. The molecule has 0 saturated carbocycles. The SMILES string of the molecule is C.O=C(c1ccc(Nc2ncc3c(n2)-c2ccc(Cl)cc2C(c2ccccc2F)=NC3)cc1)N1CCN(c2ncccn2)CC1. The standard InChI is InChI=1S/C33H26ClFN8O.CH4/c34-23-8-11-25-27(18-23)30(26-4-1-2-5-28(26)35)38-19-22-20-39-32(41-29(22)25)40-24-9-6-21(7-10-24)31(44)42-14-16-43(17-15-42)33-36-12-3-13-37-33;/h1-13,18,20H,14-17,19H2,(H,39,40,41);1H4. The molecule has 0 spiro atoms. The number of carbonyl (C=O) groups excluding carboxylic acids is 1. The Labute approximate surface area is 265 Å². The molecular weight excluding hydrogens is 591 g/mol. The van der Waals surface area contributed by atoms with Crippen LogP contribution < -0.4 is 10.2 Å². The summed E-state index contributed by atoms with van der Waals surface area (Å²) in [6, 6.07) is 21.1. The van der Waals surface area contributed by atoms with Crippen molar-refractivity contribution < 1.29 is 9.18 Å². The average molecular weight is 621 g/mol. The van der Waals surface area contributed by atoms with Gasteiger partial charge in [-0.2, -0.15) is 0 Å². The average Bonchev–Trinajstić information content (AvgIpc) is 3.22. The number of fused-ring (bicyclic) bond motifs is 3.